The van der Waals surface area contributed by atoms with Crippen molar-refractivity contribution in [3.8, 4) is 0 Å². The molecule has 0 spiro atoms. The summed E-state index contributed by atoms with van der Waals surface area (Å²) >= 11 is 0. The maximum Gasteiger partial charge on any atom is 0.216 e. The van der Waals surface area contributed by atoms with Crippen molar-refractivity contribution in [2.45, 2.75) is 19.8 Å². The second kappa shape index (κ2) is 4.85. The first-order valence-electron chi connectivity index (χ1n) is 3.24. The molecule has 0 aromatic carbocycles. The molecular weight excluding hydrogens is 130 g/mol. The average molecular weight is 143 g/mol. The highest BCUT2D eigenvalue weighted by atomic mass is 16.3. The van der Waals surface area contributed by atoms with E-state index in [0.29, 0.717) is 13.0 Å². The number of rotatable bonds is 4. The molecule has 0 saturated heterocycles. The van der Waals surface area contributed by atoms with Crippen LogP contribution in [0.1, 0.15) is 19.8 Å². The van der Waals surface area contributed by atoms with E-state index >= 15 is 0 Å². The number of carbonyl (C=O) groups is 1. The van der Waals surface area contributed by atoms with E-state index < -0.39 is 0 Å². The second-order valence-corrected chi connectivity index (χ2v) is 2.15. The largest absolute Gasteiger partial charge is 0.513 e. The molecule has 0 rings (SSSR count). The van der Waals surface area contributed by atoms with Gasteiger partial charge in [-0.2, -0.15) is 0 Å². The van der Waals surface area contributed by atoms with Crippen LogP contribution in [-0.2, 0) is 4.79 Å². The van der Waals surface area contributed by atoms with Gasteiger partial charge in [-0.3, -0.25) is 4.79 Å². The molecular formula is C7H13NO2. The third kappa shape index (κ3) is 7.01. The van der Waals surface area contributed by atoms with Crippen molar-refractivity contribution in [1.29, 1.82) is 0 Å². The minimum atomic E-state index is -0.0384. The molecule has 0 fully saturated rings. The van der Waals surface area contributed by atoms with E-state index in [2.05, 4.69) is 11.9 Å². The quantitative estimate of drug-likeness (QED) is 0.455. The molecule has 3 nitrogen and oxygen atoms in total. The van der Waals surface area contributed by atoms with Crippen LogP contribution in [0.5, 0.6) is 0 Å². The number of hydrogen-bond acceptors (Lipinski definition) is 2. The van der Waals surface area contributed by atoms with Crippen molar-refractivity contribution in [2.75, 3.05) is 6.54 Å². The number of aliphatic hydroxyl groups excluding tert-OH is 1. The van der Waals surface area contributed by atoms with Gasteiger partial charge >= 0.3 is 0 Å². The number of allylic oxidation sites excluding steroid dienone is 1. The second-order valence-electron chi connectivity index (χ2n) is 2.15. The molecule has 0 bridgehead atoms. The van der Waals surface area contributed by atoms with Gasteiger partial charge in [-0.15, -0.1) is 0 Å². The fraction of sp³-hybridized carbons (Fsp3) is 0.571. The van der Waals surface area contributed by atoms with E-state index in [1.165, 1.54) is 6.92 Å². The lowest BCUT2D eigenvalue weighted by Crippen LogP contribution is -2.20. The average Bonchev–Trinajstić information content (AvgIpc) is 1.79. The van der Waals surface area contributed by atoms with Crippen molar-refractivity contribution in [2.24, 2.45) is 0 Å². The van der Waals surface area contributed by atoms with Crippen LogP contribution in [0.4, 0.5) is 0 Å². The van der Waals surface area contributed by atoms with Crippen molar-refractivity contribution in [1.82, 2.24) is 5.32 Å². The minimum Gasteiger partial charge on any atom is -0.513 e. The van der Waals surface area contributed by atoms with Gasteiger partial charge in [0.15, 0.2) is 0 Å². The van der Waals surface area contributed by atoms with Gasteiger partial charge in [0.1, 0.15) is 0 Å². The predicted octanol–water partition coefficient (Wildman–Crippen LogP) is 0.974. The number of aliphatic hydroxyl groups is 1. The van der Waals surface area contributed by atoms with Crippen LogP contribution in [0.3, 0.4) is 0 Å². The van der Waals surface area contributed by atoms with Crippen LogP contribution in [0.2, 0.25) is 0 Å². The fourth-order valence-electron chi connectivity index (χ4n) is 0.557. The first kappa shape index (κ1) is 9.01. The lowest BCUT2D eigenvalue weighted by Gasteiger charge is -1.99. The van der Waals surface area contributed by atoms with Crippen LogP contribution in [0.15, 0.2) is 12.3 Å². The summed E-state index contributed by atoms with van der Waals surface area (Å²) in [6, 6.07) is 0. The highest BCUT2D eigenvalue weighted by Gasteiger charge is 1.91. The Labute approximate surface area is 60.7 Å². The first-order chi connectivity index (χ1) is 4.63. The molecule has 0 heterocycles. The molecule has 0 saturated carbocycles. The van der Waals surface area contributed by atoms with E-state index in [-0.39, 0.29) is 11.7 Å². The summed E-state index contributed by atoms with van der Waals surface area (Å²) in [5, 5.41) is 11.2. The van der Waals surface area contributed by atoms with Gasteiger partial charge in [0, 0.05) is 19.9 Å². The summed E-state index contributed by atoms with van der Waals surface area (Å²) in [5.74, 6) is 0.133. The molecule has 0 atom stereocenters. The third-order valence-corrected chi connectivity index (χ3v) is 1.02. The van der Waals surface area contributed by atoms with Gasteiger partial charge in [-0.05, 0) is 6.42 Å². The third-order valence-electron chi connectivity index (χ3n) is 1.02. The number of hydrogen-bond donors (Lipinski definition) is 2. The van der Waals surface area contributed by atoms with Crippen molar-refractivity contribution in [3.05, 3.63) is 12.3 Å². The number of nitrogens with one attached hydrogen (secondary N) is 1. The zero-order valence-corrected chi connectivity index (χ0v) is 6.18. The van der Waals surface area contributed by atoms with Gasteiger partial charge in [0.25, 0.3) is 0 Å². The Hall–Kier alpha value is -0.990. The molecule has 0 aliphatic rings. The Kier molecular flexibility index (Phi) is 4.37. The summed E-state index contributed by atoms with van der Waals surface area (Å²) in [6.07, 6.45) is 1.30. The lowest BCUT2D eigenvalue weighted by atomic mass is 10.3. The summed E-state index contributed by atoms with van der Waals surface area (Å²) in [6.45, 7) is 5.39. The van der Waals surface area contributed by atoms with E-state index in [1.807, 2.05) is 0 Å². The standard InChI is InChI=1S/C7H13NO2/c1-6(9)4-3-5-8-7(2)10/h9H,1,3-5H2,2H3,(H,8,10). The molecule has 0 radical (unpaired) electrons. The van der Waals surface area contributed by atoms with Crippen molar-refractivity contribution >= 4 is 5.91 Å². The van der Waals surface area contributed by atoms with Crippen LogP contribution < -0.4 is 5.32 Å². The highest BCUT2D eigenvalue weighted by Crippen LogP contribution is 1.94. The van der Waals surface area contributed by atoms with Crippen LogP contribution in [0, 0.1) is 0 Å². The molecule has 0 unspecified atom stereocenters. The Morgan fingerprint density at radius 1 is 1.70 bits per heavy atom. The molecule has 58 valence electrons. The molecule has 0 aliphatic carbocycles. The summed E-state index contributed by atoms with van der Waals surface area (Å²) < 4.78 is 0. The molecule has 3 heteroatoms. The highest BCUT2D eigenvalue weighted by molar-refractivity contribution is 5.72. The topological polar surface area (TPSA) is 49.3 Å². The van der Waals surface area contributed by atoms with Gasteiger partial charge in [-0.1, -0.05) is 6.58 Å². The maximum absolute atomic E-state index is 10.3. The Morgan fingerprint density at radius 2 is 2.30 bits per heavy atom. The van der Waals surface area contributed by atoms with Crippen molar-refractivity contribution < 1.29 is 9.90 Å². The SMILES string of the molecule is C=C(O)CCCNC(C)=O. The van der Waals surface area contributed by atoms with Crippen LogP contribution in [0.25, 0.3) is 0 Å². The molecule has 0 aliphatic heterocycles. The Balaban J connectivity index is 3.06. The number of amides is 1. The van der Waals surface area contributed by atoms with Gasteiger partial charge in [0.05, 0.1) is 5.76 Å². The van der Waals surface area contributed by atoms with Crippen LogP contribution >= 0.6 is 0 Å². The summed E-state index contributed by atoms with van der Waals surface area (Å²) in [7, 11) is 0. The van der Waals surface area contributed by atoms with Gasteiger partial charge < -0.3 is 10.4 Å². The van der Waals surface area contributed by atoms with Crippen LogP contribution in [-0.4, -0.2) is 17.6 Å². The summed E-state index contributed by atoms with van der Waals surface area (Å²) in [5.41, 5.74) is 0. The molecule has 0 aromatic heterocycles. The van der Waals surface area contributed by atoms with Crippen molar-refractivity contribution in [3.63, 3.8) is 0 Å². The first-order valence-corrected chi connectivity index (χ1v) is 3.24. The number of carbonyl (C=O) groups excluding carboxylic acids is 1. The zero-order chi connectivity index (χ0) is 7.98. The van der Waals surface area contributed by atoms with Gasteiger partial charge in [-0.25, -0.2) is 0 Å². The van der Waals surface area contributed by atoms with E-state index in [0.717, 1.165) is 6.42 Å². The molecule has 0 aromatic rings. The maximum atomic E-state index is 10.3. The normalized spacial score (nSPS) is 8.90. The lowest BCUT2D eigenvalue weighted by molar-refractivity contribution is -0.118. The Bertz CT molecular complexity index is 116. The van der Waals surface area contributed by atoms with Gasteiger partial charge in [0.2, 0.25) is 5.91 Å². The molecule has 2 N–H and O–H groups in total. The monoisotopic (exact) mass is 143 g/mol. The Morgan fingerprint density at radius 3 is 2.70 bits per heavy atom. The summed E-state index contributed by atoms with van der Waals surface area (Å²) in [4.78, 5) is 10.3. The molecule has 10 heavy (non-hydrogen) atoms. The predicted molar refractivity (Wildman–Crippen MR) is 39.7 cm³/mol. The van der Waals surface area contributed by atoms with E-state index in [9.17, 15) is 4.79 Å². The van der Waals surface area contributed by atoms with E-state index in [4.69, 9.17) is 5.11 Å². The zero-order valence-electron chi connectivity index (χ0n) is 6.18. The molecule has 1 amide bonds. The fourth-order valence-corrected chi connectivity index (χ4v) is 0.557. The van der Waals surface area contributed by atoms with E-state index in [1.54, 1.807) is 0 Å². The minimum absolute atomic E-state index is 0.0384. The smallest absolute Gasteiger partial charge is 0.216 e.